The fourth-order valence-corrected chi connectivity index (χ4v) is 4.38. The molecule has 0 atom stereocenters. The molecule has 0 saturated heterocycles. The van der Waals surface area contributed by atoms with Crippen LogP contribution in [0.15, 0.2) is 24.3 Å². The van der Waals surface area contributed by atoms with Gasteiger partial charge in [-0.3, -0.25) is 9.78 Å². The van der Waals surface area contributed by atoms with Crippen molar-refractivity contribution in [1.29, 1.82) is 0 Å². The molecule has 0 saturated carbocycles. The van der Waals surface area contributed by atoms with Crippen LogP contribution in [0.25, 0.3) is 10.9 Å². The molecule has 0 bridgehead atoms. The lowest BCUT2D eigenvalue weighted by Crippen LogP contribution is -2.22. The molecule has 1 amide bonds. The summed E-state index contributed by atoms with van der Waals surface area (Å²) in [6.45, 7) is 4.60. The highest BCUT2D eigenvalue weighted by atomic mass is 32.1. The highest BCUT2D eigenvalue weighted by Gasteiger charge is 2.27. The lowest BCUT2D eigenvalue weighted by Gasteiger charge is -2.10. The minimum Gasteiger partial charge on any atom is -0.465 e. The summed E-state index contributed by atoms with van der Waals surface area (Å²) in [5, 5.41) is 3.23. The predicted octanol–water partition coefficient (Wildman–Crippen LogP) is 3.59. The number of amides is 1. The fraction of sp³-hybridized carbons (Fsp3) is 0.261. The smallest absolute Gasteiger partial charge is 0.348 e. The predicted molar refractivity (Wildman–Crippen MR) is 122 cm³/mol. The quantitative estimate of drug-likeness (QED) is 0.429. The van der Waals surface area contributed by atoms with Crippen LogP contribution >= 0.6 is 11.3 Å². The summed E-state index contributed by atoms with van der Waals surface area (Å²) in [6, 6.07) is 7.13. The molecule has 1 aromatic carbocycles. The number of nitrogens with zero attached hydrogens (tertiary/aromatic N) is 1. The first-order valence-electron chi connectivity index (χ1n) is 9.81. The number of hydrogen-bond donors (Lipinski definition) is 1. The SMILES string of the molecule is COC(=O)c1sc(NC(=O)COC(=O)c2cc(C)nc3ccc(C)cc23)c(C(=O)OC)c1C. The maximum absolute atomic E-state index is 12.7. The normalized spacial score (nSPS) is 10.6. The summed E-state index contributed by atoms with van der Waals surface area (Å²) in [6.07, 6.45) is 0. The third-order valence-corrected chi connectivity index (χ3v) is 5.99. The van der Waals surface area contributed by atoms with Gasteiger partial charge in [-0.1, -0.05) is 11.6 Å². The van der Waals surface area contributed by atoms with Gasteiger partial charge in [0.25, 0.3) is 5.91 Å². The third-order valence-electron chi connectivity index (χ3n) is 4.81. The van der Waals surface area contributed by atoms with Crippen LogP contribution in [0.1, 0.15) is 47.2 Å². The topological polar surface area (TPSA) is 121 Å². The Bertz CT molecular complexity index is 1280. The van der Waals surface area contributed by atoms with Gasteiger partial charge in [-0.25, -0.2) is 14.4 Å². The first-order chi connectivity index (χ1) is 15.7. The van der Waals surface area contributed by atoms with E-state index >= 15 is 0 Å². The number of rotatable bonds is 6. The molecule has 0 fully saturated rings. The maximum Gasteiger partial charge on any atom is 0.348 e. The molecular weight excluding hydrogens is 448 g/mol. The molecular formula is C23H22N2O7S. The maximum atomic E-state index is 12.7. The van der Waals surface area contributed by atoms with Crippen molar-refractivity contribution >= 4 is 51.1 Å². The van der Waals surface area contributed by atoms with E-state index < -0.39 is 30.4 Å². The number of hydrogen-bond acceptors (Lipinski definition) is 9. The van der Waals surface area contributed by atoms with E-state index in [1.54, 1.807) is 19.9 Å². The number of pyridine rings is 1. The number of ether oxygens (including phenoxy) is 3. The Morgan fingerprint density at radius 1 is 0.970 bits per heavy atom. The van der Waals surface area contributed by atoms with Gasteiger partial charge in [0.2, 0.25) is 0 Å². The van der Waals surface area contributed by atoms with Gasteiger partial charge in [0.15, 0.2) is 6.61 Å². The average Bonchev–Trinajstić information content (AvgIpc) is 3.11. The molecule has 2 aromatic heterocycles. The summed E-state index contributed by atoms with van der Waals surface area (Å²) < 4.78 is 14.7. The first kappa shape index (κ1) is 23.9. The zero-order valence-electron chi connectivity index (χ0n) is 18.7. The molecule has 2 heterocycles. The number of thiophene rings is 1. The van der Waals surface area contributed by atoms with E-state index in [4.69, 9.17) is 14.2 Å². The molecule has 172 valence electrons. The number of anilines is 1. The molecule has 1 N–H and O–H groups in total. The van der Waals surface area contributed by atoms with Crippen LogP contribution in [0.5, 0.6) is 0 Å². The zero-order chi connectivity index (χ0) is 24.3. The van der Waals surface area contributed by atoms with Gasteiger partial charge in [-0.15, -0.1) is 11.3 Å². The Morgan fingerprint density at radius 3 is 2.33 bits per heavy atom. The number of aryl methyl sites for hydroxylation is 2. The Labute approximate surface area is 193 Å². The van der Waals surface area contributed by atoms with Crippen molar-refractivity contribution in [3.63, 3.8) is 0 Å². The number of aromatic nitrogens is 1. The van der Waals surface area contributed by atoms with Gasteiger partial charge in [-0.2, -0.15) is 0 Å². The van der Waals surface area contributed by atoms with Crippen molar-refractivity contribution in [2.75, 3.05) is 26.1 Å². The van der Waals surface area contributed by atoms with Crippen molar-refractivity contribution in [3.8, 4) is 0 Å². The van der Waals surface area contributed by atoms with E-state index in [1.165, 1.54) is 14.2 Å². The van der Waals surface area contributed by atoms with Crippen LogP contribution in [0.4, 0.5) is 5.00 Å². The van der Waals surface area contributed by atoms with Crippen molar-refractivity contribution < 1.29 is 33.4 Å². The highest BCUT2D eigenvalue weighted by Crippen LogP contribution is 2.34. The number of benzene rings is 1. The molecule has 0 radical (unpaired) electrons. The minimum atomic E-state index is -0.722. The molecule has 10 heteroatoms. The van der Waals surface area contributed by atoms with Gasteiger partial charge in [0.05, 0.1) is 30.9 Å². The van der Waals surface area contributed by atoms with Crippen LogP contribution in [-0.2, 0) is 19.0 Å². The van der Waals surface area contributed by atoms with E-state index in [0.29, 0.717) is 27.7 Å². The van der Waals surface area contributed by atoms with Crippen LogP contribution in [0.3, 0.4) is 0 Å². The number of carbonyl (C=O) groups excluding carboxylic acids is 4. The average molecular weight is 471 g/mol. The van der Waals surface area contributed by atoms with Gasteiger partial charge < -0.3 is 19.5 Å². The monoisotopic (exact) mass is 470 g/mol. The molecule has 33 heavy (non-hydrogen) atoms. The molecule has 0 spiro atoms. The molecule has 0 aliphatic heterocycles. The number of fused-ring (bicyclic) bond motifs is 1. The van der Waals surface area contributed by atoms with Crippen molar-refractivity contribution in [3.05, 3.63) is 57.1 Å². The fourth-order valence-electron chi connectivity index (χ4n) is 3.25. The standard InChI is InChI=1S/C23H22N2O7S/c1-11-6-7-16-14(8-11)15(9-12(2)24-16)21(27)32-10-17(26)25-20-18(22(28)30-4)13(3)19(33-20)23(29)31-5/h6-9H,10H2,1-5H3,(H,25,26). The molecule has 0 unspecified atom stereocenters. The van der Waals surface area contributed by atoms with Crippen molar-refractivity contribution in [2.24, 2.45) is 0 Å². The second kappa shape index (κ2) is 9.78. The number of esters is 3. The third kappa shape index (κ3) is 5.01. The zero-order valence-corrected chi connectivity index (χ0v) is 19.5. The molecule has 0 aliphatic rings. The summed E-state index contributed by atoms with van der Waals surface area (Å²) in [5.41, 5.74) is 2.88. The Hall–Kier alpha value is -3.79. The lowest BCUT2D eigenvalue weighted by atomic mass is 10.1. The van der Waals surface area contributed by atoms with Gasteiger partial charge >= 0.3 is 17.9 Å². The lowest BCUT2D eigenvalue weighted by molar-refractivity contribution is -0.119. The van der Waals surface area contributed by atoms with E-state index in [1.807, 2.05) is 25.1 Å². The first-order valence-corrected chi connectivity index (χ1v) is 10.6. The second-order valence-electron chi connectivity index (χ2n) is 7.20. The minimum absolute atomic E-state index is 0.0359. The van der Waals surface area contributed by atoms with E-state index in [0.717, 1.165) is 16.9 Å². The van der Waals surface area contributed by atoms with Gasteiger partial charge in [0, 0.05) is 11.1 Å². The Kier molecular flexibility index (Phi) is 7.07. The van der Waals surface area contributed by atoms with Crippen molar-refractivity contribution in [2.45, 2.75) is 20.8 Å². The van der Waals surface area contributed by atoms with E-state index in [2.05, 4.69) is 10.3 Å². The largest absolute Gasteiger partial charge is 0.465 e. The van der Waals surface area contributed by atoms with Crippen LogP contribution < -0.4 is 5.32 Å². The molecule has 0 aliphatic carbocycles. The van der Waals surface area contributed by atoms with Crippen molar-refractivity contribution in [1.82, 2.24) is 4.98 Å². The summed E-state index contributed by atoms with van der Waals surface area (Å²) >= 11 is 0.871. The van der Waals surface area contributed by atoms with E-state index in [9.17, 15) is 19.2 Å². The van der Waals surface area contributed by atoms with E-state index in [-0.39, 0.29) is 15.4 Å². The Balaban J connectivity index is 1.80. The molecule has 9 nitrogen and oxygen atoms in total. The number of methoxy groups -OCH3 is 2. The summed E-state index contributed by atoms with van der Waals surface area (Å²) in [4.78, 5) is 53.9. The second-order valence-corrected chi connectivity index (χ2v) is 8.22. The van der Waals surface area contributed by atoms with Gasteiger partial charge in [0.1, 0.15) is 9.88 Å². The van der Waals surface area contributed by atoms with Crippen LogP contribution in [0, 0.1) is 20.8 Å². The van der Waals surface area contributed by atoms with Gasteiger partial charge in [-0.05, 0) is 44.5 Å². The number of carbonyl (C=O) groups is 4. The van der Waals surface area contributed by atoms with Crippen LogP contribution in [0.2, 0.25) is 0 Å². The molecule has 3 rings (SSSR count). The Morgan fingerprint density at radius 2 is 1.67 bits per heavy atom. The van der Waals surface area contributed by atoms with Crippen LogP contribution in [-0.4, -0.2) is 49.6 Å². The summed E-state index contributed by atoms with van der Waals surface area (Å²) in [5.74, 6) is -2.74. The summed E-state index contributed by atoms with van der Waals surface area (Å²) in [7, 11) is 2.40. The highest BCUT2D eigenvalue weighted by molar-refractivity contribution is 7.18. The number of nitrogens with one attached hydrogen (secondary N) is 1. The molecule has 3 aromatic rings.